The Morgan fingerprint density at radius 1 is 1.00 bits per heavy atom. The molecule has 7 heteroatoms. The first-order valence-corrected chi connectivity index (χ1v) is 15.6. The minimum Gasteiger partial charge on any atom is -0.383 e. The van der Waals surface area contributed by atoms with Gasteiger partial charge in [-0.25, -0.2) is 0 Å². The van der Waals surface area contributed by atoms with Gasteiger partial charge in [-0.15, -0.1) is 0 Å². The summed E-state index contributed by atoms with van der Waals surface area (Å²) in [4.78, 5) is 21.4. The van der Waals surface area contributed by atoms with Gasteiger partial charge in [-0.05, 0) is 43.0 Å². The lowest BCUT2D eigenvalue weighted by molar-refractivity contribution is -0.138. The molecule has 2 heterocycles. The number of benzene rings is 2. The fraction of sp³-hybridized carbons (Fsp3) is 0.606. The molecule has 3 atom stereocenters. The van der Waals surface area contributed by atoms with E-state index in [4.69, 9.17) is 16.3 Å². The van der Waals surface area contributed by atoms with Crippen LogP contribution in [0.15, 0.2) is 54.6 Å². The number of amides is 1. The van der Waals surface area contributed by atoms with Crippen molar-refractivity contribution in [2.45, 2.75) is 63.1 Å². The summed E-state index contributed by atoms with van der Waals surface area (Å²) in [5.74, 6) is 0.448. The quantitative estimate of drug-likeness (QED) is 0.437. The van der Waals surface area contributed by atoms with Gasteiger partial charge < -0.3 is 15.0 Å². The molecule has 40 heavy (non-hydrogen) atoms. The highest BCUT2D eigenvalue weighted by Gasteiger charge is 2.44. The number of hydrogen-bond donors (Lipinski definition) is 1. The van der Waals surface area contributed by atoms with E-state index < -0.39 is 0 Å². The fourth-order valence-corrected chi connectivity index (χ4v) is 7.45. The van der Waals surface area contributed by atoms with Gasteiger partial charge in [-0.1, -0.05) is 73.3 Å². The molecule has 1 unspecified atom stereocenters. The first-order chi connectivity index (χ1) is 19.5. The van der Waals surface area contributed by atoms with Crippen LogP contribution in [-0.4, -0.2) is 91.7 Å². The maximum atomic E-state index is 14.1. The maximum absolute atomic E-state index is 14.1. The zero-order valence-corrected chi connectivity index (χ0v) is 25.1. The highest BCUT2D eigenvalue weighted by molar-refractivity contribution is 6.30. The number of methoxy groups -OCH3 is 1. The fourth-order valence-electron chi connectivity index (χ4n) is 7.32. The van der Waals surface area contributed by atoms with Crippen LogP contribution in [0.5, 0.6) is 0 Å². The summed E-state index contributed by atoms with van der Waals surface area (Å²) >= 11 is 6.20. The number of rotatable bonds is 10. The Morgan fingerprint density at radius 3 is 2.38 bits per heavy atom. The molecule has 1 aliphatic carbocycles. The van der Waals surface area contributed by atoms with Crippen LogP contribution in [0.1, 0.15) is 56.1 Å². The third-order valence-corrected chi connectivity index (χ3v) is 9.92. The molecule has 0 bridgehead atoms. The number of hydrogen-bond acceptors (Lipinski definition) is 5. The third kappa shape index (κ3) is 6.91. The van der Waals surface area contributed by atoms with Gasteiger partial charge in [0.2, 0.25) is 5.91 Å². The van der Waals surface area contributed by atoms with Crippen molar-refractivity contribution in [2.75, 3.05) is 59.5 Å². The average Bonchev–Trinajstić information content (AvgIpc) is 3.44. The smallest absolute Gasteiger partial charge is 0.227 e. The number of likely N-dealkylation sites (tertiary alicyclic amines) is 1. The summed E-state index contributed by atoms with van der Waals surface area (Å²) < 4.78 is 5.45. The number of carbonyl (C=O) groups excluding carboxylic acids is 1. The van der Waals surface area contributed by atoms with Crippen LogP contribution in [0.2, 0.25) is 5.02 Å². The van der Waals surface area contributed by atoms with Gasteiger partial charge in [0.1, 0.15) is 0 Å². The normalized spacial score (nSPS) is 24.7. The second kappa shape index (κ2) is 13.8. The van der Waals surface area contributed by atoms with Crippen LogP contribution in [0.25, 0.3) is 0 Å². The monoisotopic (exact) mass is 566 g/mol. The third-order valence-electron chi connectivity index (χ3n) is 9.67. The van der Waals surface area contributed by atoms with E-state index in [0.717, 1.165) is 57.4 Å². The minimum absolute atomic E-state index is 0.0387. The molecule has 0 spiro atoms. The highest BCUT2D eigenvalue weighted by atomic mass is 35.5. The molecule has 2 saturated heterocycles. The molecule has 6 nitrogen and oxygen atoms in total. The Hall–Kier alpha value is -1.96. The Labute approximate surface area is 246 Å². The Bertz CT molecular complexity index is 1070. The van der Waals surface area contributed by atoms with Crippen LogP contribution < -0.4 is 5.32 Å². The first-order valence-electron chi connectivity index (χ1n) is 15.3. The van der Waals surface area contributed by atoms with Gasteiger partial charge in [0.25, 0.3) is 0 Å². The molecule has 3 fully saturated rings. The van der Waals surface area contributed by atoms with Crippen molar-refractivity contribution in [3.05, 3.63) is 70.7 Å². The molecule has 2 aromatic rings. The molecule has 0 aromatic heterocycles. The number of nitrogens with one attached hydrogen (secondary N) is 1. The van der Waals surface area contributed by atoms with E-state index in [0.29, 0.717) is 12.5 Å². The van der Waals surface area contributed by atoms with Gasteiger partial charge in [0.15, 0.2) is 0 Å². The SMILES string of the molecule is COCC(C)N1C[C@H](C(=O)N2CCN(C3(CNCc4ccccc4)CCCCC3)CC2)[C@@H](c2ccc(Cl)cc2)C1. The summed E-state index contributed by atoms with van der Waals surface area (Å²) in [5, 5.41) is 4.53. The van der Waals surface area contributed by atoms with Crippen molar-refractivity contribution in [2.24, 2.45) is 5.92 Å². The molecule has 2 aromatic carbocycles. The van der Waals surface area contributed by atoms with Crippen molar-refractivity contribution < 1.29 is 9.53 Å². The largest absolute Gasteiger partial charge is 0.383 e. The van der Waals surface area contributed by atoms with Crippen molar-refractivity contribution in [1.29, 1.82) is 0 Å². The Morgan fingerprint density at radius 2 is 1.70 bits per heavy atom. The summed E-state index contributed by atoms with van der Waals surface area (Å²) in [5.41, 5.74) is 2.75. The van der Waals surface area contributed by atoms with Crippen LogP contribution in [0.3, 0.4) is 0 Å². The summed E-state index contributed by atoms with van der Waals surface area (Å²) in [6, 6.07) is 19.1. The van der Waals surface area contributed by atoms with Crippen molar-refractivity contribution >= 4 is 17.5 Å². The molecule has 5 rings (SSSR count). The van der Waals surface area contributed by atoms with Crippen LogP contribution in [-0.2, 0) is 16.1 Å². The molecule has 0 radical (unpaired) electrons. The molecule has 1 amide bonds. The van der Waals surface area contributed by atoms with Gasteiger partial charge in [-0.3, -0.25) is 14.6 Å². The predicted octanol–water partition coefficient (Wildman–Crippen LogP) is 5.03. The maximum Gasteiger partial charge on any atom is 0.227 e. The first kappa shape index (κ1) is 29.5. The van der Waals surface area contributed by atoms with Gasteiger partial charge in [0.05, 0.1) is 12.5 Å². The van der Waals surface area contributed by atoms with Gasteiger partial charge in [0, 0.05) is 82.0 Å². The number of nitrogens with zero attached hydrogens (tertiary/aromatic N) is 3. The zero-order valence-electron chi connectivity index (χ0n) is 24.4. The Balaban J connectivity index is 1.23. The van der Waals surface area contributed by atoms with E-state index in [1.165, 1.54) is 43.2 Å². The topological polar surface area (TPSA) is 48.1 Å². The summed E-state index contributed by atoms with van der Waals surface area (Å²) in [6.07, 6.45) is 6.43. The highest BCUT2D eigenvalue weighted by Crippen LogP contribution is 2.37. The van der Waals surface area contributed by atoms with Crippen molar-refractivity contribution in [1.82, 2.24) is 20.0 Å². The molecule has 2 aliphatic heterocycles. The summed E-state index contributed by atoms with van der Waals surface area (Å²) in [6.45, 7) is 10.0. The second-order valence-electron chi connectivity index (χ2n) is 12.2. The minimum atomic E-state index is -0.0387. The molecule has 1 saturated carbocycles. The predicted molar refractivity (Wildman–Crippen MR) is 163 cm³/mol. The van der Waals surface area contributed by atoms with E-state index in [1.54, 1.807) is 7.11 Å². The standard InChI is InChI=1S/C33H47ClN4O2/c1-26(24-40-2)37-22-30(28-11-13-29(34)14-12-28)31(23-37)32(39)36-17-19-38(20-18-36)33(15-7-4-8-16-33)25-35-21-27-9-5-3-6-10-27/h3,5-6,9-14,26,30-31,35H,4,7-8,15-25H2,1-2H3/t26?,30-,31+/m1/s1. The molecular weight excluding hydrogens is 520 g/mol. The second-order valence-corrected chi connectivity index (χ2v) is 12.6. The Kier molecular flexibility index (Phi) is 10.2. The van der Waals surface area contributed by atoms with E-state index in [1.807, 2.05) is 12.1 Å². The molecule has 218 valence electrons. The lowest BCUT2D eigenvalue weighted by Crippen LogP contribution is -2.62. The zero-order chi connectivity index (χ0) is 28.0. The lowest BCUT2D eigenvalue weighted by atomic mass is 9.79. The average molecular weight is 567 g/mol. The van der Waals surface area contributed by atoms with Gasteiger partial charge in [-0.2, -0.15) is 0 Å². The lowest BCUT2D eigenvalue weighted by Gasteiger charge is -2.50. The molecule has 3 aliphatic rings. The van der Waals surface area contributed by atoms with Crippen LogP contribution >= 0.6 is 11.6 Å². The molecule has 1 N–H and O–H groups in total. The van der Waals surface area contributed by atoms with Crippen molar-refractivity contribution in [3.63, 3.8) is 0 Å². The number of piperazine rings is 1. The van der Waals surface area contributed by atoms with E-state index >= 15 is 0 Å². The van der Waals surface area contributed by atoms with Crippen LogP contribution in [0, 0.1) is 5.92 Å². The number of ether oxygens (including phenoxy) is 1. The van der Waals surface area contributed by atoms with Crippen molar-refractivity contribution in [3.8, 4) is 0 Å². The van der Waals surface area contributed by atoms with Gasteiger partial charge >= 0.3 is 0 Å². The van der Waals surface area contributed by atoms with E-state index in [2.05, 4.69) is 69.4 Å². The molecular formula is C33H47ClN4O2. The van der Waals surface area contributed by atoms with E-state index in [9.17, 15) is 4.79 Å². The van der Waals surface area contributed by atoms with Crippen LogP contribution in [0.4, 0.5) is 0 Å². The van der Waals surface area contributed by atoms with E-state index in [-0.39, 0.29) is 23.4 Å². The number of halogens is 1. The number of carbonyl (C=O) groups is 1. The summed E-state index contributed by atoms with van der Waals surface area (Å²) in [7, 11) is 1.75.